The summed E-state index contributed by atoms with van der Waals surface area (Å²) in [7, 11) is 0. The fraction of sp³-hybridized carbons (Fsp3) is 0.600. The van der Waals surface area contributed by atoms with Crippen LogP contribution in [0.2, 0.25) is 0 Å². The van der Waals surface area contributed by atoms with E-state index in [1.54, 1.807) is 0 Å². The van der Waals surface area contributed by atoms with Gasteiger partial charge in [-0.15, -0.1) is 11.3 Å². The summed E-state index contributed by atoms with van der Waals surface area (Å²) >= 11 is 1.94. The van der Waals surface area contributed by atoms with E-state index in [9.17, 15) is 0 Å². The molecule has 1 aromatic heterocycles. The van der Waals surface area contributed by atoms with Crippen molar-refractivity contribution in [1.29, 1.82) is 0 Å². The summed E-state index contributed by atoms with van der Waals surface area (Å²) in [4.78, 5) is 3.01. The minimum absolute atomic E-state index is 0.785. The van der Waals surface area contributed by atoms with Gasteiger partial charge in [0.1, 0.15) is 0 Å². The average molecular weight is 168 g/mol. The summed E-state index contributed by atoms with van der Waals surface area (Å²) < 4.78 is 0. The van der Waals surface area contributed by atoms with Crippen LogP contribution < -0.4 is 0 Å². The largest absolute Gasteiger partial charge is 0.145 e. The molecule has 0 spiro atoms. The molecule has 0 saturated carbocycles. The summed E-state index contributed by atoms with van der Waals surface area (Å²) in [5.74, 6) is 0.785. The molecule has 0 saturated heterocycles. The molecule has 0 amide bonds. The van der Waals surface area contributed by atoms with Crippen molar-refractivity contribution in [2.24, 2.45) is 5.92 Å². The van der Waals surface area contributed by atoms with Crippen molar-refractivity contribution in [3.63, 3.8) is 0 Å². The Hall–Kier alpha value is -0.300. The second-order valence-electron chi connectivity index (χ2n) is 3.55. The quantitative estimate of drug-likeness (QED) is 0.633. The molecule has 0 aliphatic heterocycles. The topological polar surface area (TPSA) is 0 Å². The molecule has 1 rings (SSSR count). The van der Waals surface area contributed by atoms with Gasteiger partial charge < -0.3 is 0 Å². The normalized spacial score (nSPS) is 11.0. The molecule has 0 bridgehead atoms. The predicted molar refractivity (Wildman–Crippen MR) is 52.3 cm³/mol. The van der Waals surface area contributed by atoms with Crippen LogP contribution in [0.15, 0.2) is 6.07 Å². The zero-order valence-electron chi connectivity index (χ0n) is 7.77. The Morgan fingerprint density at radius 2 is 2.00 bits per heavy atom. The molecule has 1 aromatic rings. The van der Waals surface area contributed by atoms with Crippen LogP contribution in [0, 0.1) is 19.8 Å². The van der Waals surface area contributed by atoms with Crippen molar-refractivity contribution in [1.82, 2.24) is 0 Å². The monoisotopic (exact) mass is 168 g/mol. The highest BCUT2D eigenvalue weighted by molar-refractivity contribution is 7.12. The molecule has 1 heterocycles. The van der Waals surface area contributed by atoms with Crippen molar-refractivity contribution in [3.05, 3.63) is 21.4 Å². The van der Waals surface area contributed by atoms with Crippen LogP contribution in [0.5, 0.6) is 0 Å². The van der Waals surface area contributed by atoms with Crippen LogP contribution in [0.1, 0.15) is 29.2 Å². The fourth-order valence-corrected chi connectivity index (χ4v) is 2.42. The number of aryl methyl sites for hydroxylation is 2. The predicted octanol–water partition coefficient (Wildman–Crippen LogP) is 3.56. The Kier molecular flexibility index (Phi) is 2.72. The van der Waals surface area contributed by atoms with E-state index in [1.165, 1.54) is 21.7 Å². The highest BCUT2D eigenvalue weighted by Crippen LogP contribution is 2.22. The number of hydrogen-bond acceptors (Lipinski definition) is 1. The Morgan fingerprint density at radius 3 is 2.36 bits per heavy atom. The first-order chi connectivity index (χ1) is 5.09. The molecule has 1 heteroatoms. The van der Waals surface area contributed by atoms with Crippen LogP contribution in [0.4, 0.5) is 0 Å². The Labute approximate surface area is 73.3 Å². The van der Waals surface area contributed by atoms with Crippen LogP contribution in [-0.4, -0.2) is 0 Å². The summed E-state index contributed by atoms with van der Waals surface area (Å²) in [5.41, 5.74) is 1.45. The van der Waals surface area contributed by atoms with E-state index in [0.717, 1.165) is 5.92 Å². The van der Waals surface area contributed by atoms with Crippen LogP contribution in [0.25, 0.3) is 0 Å². The van der Waals surface area contributed by atoms with Crippen LogP contribution in [0.3, 0.4) is 0 Å². The molecule has 0 aromatic carbocycles. The van der Waals surface area contributed by atoms with E-state index >= 15 is 0 Å². The molecule has 0 N–H and O–H groups in total. The molecular weight excluding hydrogens is 152 g/mol. The van der Waals surface area contributed by atoms with Gasteiger partial charge >= 0.3 is 0 Å². The second kappa shape index (κ2) is 3.40. The fourth-order valence-electron chi connectivity index (χ4n) is 1.15. The first-order valence-electron chi connectivity index (χ1n) is 4.15. The van der Waals surface area contributed by atoms with Crippen molar-refractivity contribution < 1.29 is 0 Å². The standard InChI is InChI=1S/C10H16S/c1-7(2)5-10-6-8(3)9(4)11-10/h6-7H,5H2,1-4H3. The third kappa shape index (κ3) is 2.33. The third-order valence-electron chi connectivity index (χ3n) is 1.83. The Balaban J connectivity index is 2.73. The minimum atomic E-state index is 0.785. The minimum Gasteiger partial charge on any atom is -0.145 e. The second-order valence-corrected chi connectivity index (χ2v) is 4.89. The molecule has 0 atom stereocenters. The third-order valence-corrected chi connectivity index (χ3v) is 3.00. The number of rotatable bonds is 2. The molecule has 0 fully saturated rings. The van der Waals surface area contributed by atoms with E-state index < -0.39 is 0 Å². The molecule has 0 aliphatic rings. The lowest BCUT2D eigenvalue weighted by Gasteiger charge is -1.99. The molecular formula is C10H16S. The van der Waals surface area contributed by atoms with Crippen molar-refractivity contribution in [2.75, 3.05) is 0 Å². The van der Waals surface area contributed by atoms with Gasteiger partial charge in [-0.3, -0.25) is 0 Å². The molecule has 0 radical (unpaired) electrons. The van der Waals surface area contributed by atoms with Crippen molar-refractivity contribution in [3.8, 4) is 0 Å². The first kappa shape index (κ1) is 8.79. The first-order valence-corrected chi connectivity index (χ1v) is 4.97. The number of thiophene rings is 1. The van der Waals surface area contributed by atoms with E-state index in [0.29, 0.717) is 0 Å². The van der Waals surface area contributed by atoms with Gasteiger partial charge in [0.25, 0.3) is 0 Å². The van der Waals surface area contributed by atoms with Crippen LogP contribution in [-0.2, 0) is 6.42 Å². The van der Waals surface area contributed by atoms with Gasteiger partial charge in [-0.25, -0.2) is 0 Å². The Bertz CT molecular complexity index is 214. The average Bonchev–Trinajstić information content (AvgIpc) is 2.10. The lowest BCUT2D eigenvalue weighted by Crippen LogP contribution is -1.89. The molecule has 0 unspecified atom stereocenters. The highest BCUT2D eigenvalue weighted by atomic mass is 32.1. The highest BCUT2D eigenvalue weighted by Gasteiger charge is 2.02. The van der Waals surface area contributed by atoms with Gasteiger partial charge in [0, 0.05) is 9.75 Å². The molecule has 0 nitrogen and oxygen atoms in total. The summed E-state index contributed by atoms with van der Waals surface area (Å²) in [6, 6.07) is 2.32. The SMILES string of the molecule is Cc1cc(CC(C)C)sc1C. The van der Waals surface area contributed by atoms with Gasteiger partial charge in [-0.2, -0.15) is 0 Å². The molecule has 62 valence electrons. The summed E-state index contributed by atoms with van der Waals surface area (Å²) in [5, 5.41) is 0. The van der Waals surface area contributed by atoms with Gasteiger partial charge in [0.2, 0.25) is 0 Å². The maximum absolute atomic E-state index is 2.32. The van der Waals surface area contributed by atoms with Gasteiger partial charge in [0.05, 0.1) is 0 Å². The van der Waals surface area contributed by atoms with Gasteiger partial charge in [0.15, 0.2) is 0 Å². The summed E-state index contributed by atoms with van der Waals surface area (Å²) in [6.45, 7) is 8.92. The maximum Gasteiger partial charge on any atom is 0.00533 e. The van der Waals surface area contributed by atoms with E-state index in [-0.39, 0.29) is 0 Å². The smallest absolute Gasteiger partial charge is 0.00533 e. The lowest BCUT2D eigenvalue weighted by molar-refractivity contribution is 0.654. The van der Waals surface area contributed by atoms with Crippen LogP contribution >= 0.6 is 11.3 Å². The Morgan fingerprint density at radius 1 is 1.36 bits per heavy atom. The molecule has 11 heavy (non-hydrogen) atoms. The van der Waals surface area contributed by atoms with Crippen molar-refractivity contribution >= 4 is 11.3 Å². The summed E-state index contributed by atoms with van der Waals surface area (Å²) in [6.07, 6.45) is 1.24. The van der Waals surface area contributed by atoms with Gasteiger partial charge in [-0.05, 0) is 37.8 Å². The van der Waals surface area contributed by atoms with Gasteiger partial charge in [-0.1, -0.05) is 13.8 Å². The number of hydrogen-bond donors (Lipinski definition) is 0. The zero-order chi connectivity index (χ0) is 8.43. The van der Waals surface area contributed by atoms with E-state index in [2.05, 4.69) is 33.8 Å². The maximum atomic E-state index is 2.32. The van der Waals surface area contributed by atoms with Crippen molar-refractivity contribution in [2.45, 2.75) is 34.1 Å². The van der Waals surface area contributed by atoms with E-state index in [4.69, 9.17) is 0 Å². The lowest BCUT2D eigenvalue weighted by atomic mass is 10.1. The molecule has 0 aliphatic carbocycles. The van der Waals surface area contributed by atoms with E-state index in [1.807, 2.05) is 11.3 Å². The zero-order valence-corrected chi connectivity index (χ0v) is 8.59.